The number of nitrogens with zero attached hydrogens (tertiary/aromatic N) is 2. The number of rotatable bonds is 5. The Bertz CT molecular complexity index is 965. The average Bonchev–Trinajstić information content (AvgIpc) is 2.83. The number of piperazine rings is 1. The second kappa shape index (κ2) is 10.1. The lowest BCUT2D eigenvalue weighted by atomic mass is 9.72. The molecule has 0 aliphatic carbocycles. The van der Waals surface area contributed by atoms with Gasteiger partial charge in [-0.1, -0.05) is 59.7 Å². The first-order chi connectivity index (χ1) is 15.9. The minimum Gasteiger partial charge on any atom is -0.381 e. The quantitative estimate of drug-likeness (QED) is 0.763. The number of ether oxygens (including phenoxy) is 1. The highest BCUT2D eigenvalue weighted by atomic mass is 16.5. The van der Waals surface area contributed by atoms with Crippen LogP contribution in [0.15, 0.2) is 48.5 Å². The maximum Gasteiger partial charge on any atom is 0.243 e. The van der Waals surface area contributed by atoms with Crippen molar-refractivity contribution >= 4 is 11.8 Å². The van der Waals surface area contributed by atoms with Gasteiger partial charge in [0.2, 0.25) is 11.8 Å². The summed E-state index contributed by atoms with van der Waals surface area (Å²) < 4.78 is 5.66. The van der Waals surface area contributed by atoms with Crippen molar-refractivity contribution in [2.75, 3.05) is 39.9 Å². The third kappa shape index (κ3) is 4.97. The molecular formula is C27H35N3O3. The van der Waals surface area contributed by atoms with E-state index in [9.17, 15) is 9.59 Å². The van der Waals surface area contributed by atoms with Crippen molar-refractivity contribution in [3.8, 4) is 0 Å². The Hall–Kier alpha value is -2.70. The van der Waals surface area contributed by atoms with Crippen LogP contribution < -0.4 is 5.32 Å². The minimum atomic E-state index is -0.650. The first-order valence-corrected chi connectivity index (χ1v) is 11.9. The van der Waals surface area contributed by atoms with Gasteiger partial charge in [0.15, 0.2) is 0 Å². The van der Waals surface area contributed by atoms with Crippen molar-refractivity contribution in [1.82, 2.24) is 15.1 Å². The fourth-order valence-electron chi connectivity index (χ4n) is 5.33. The zero-order valence-corrected chi connectivity index (χ0v) is 20.0. The number of hydrogen-bond acceptors (Lipinski definition) is 4. The molecule has 6 heteroatoms. The van der Waals surface area contributed by atoms with Crippen molar-refractivity contribution in [2.24, 2.45) is 0 Å². The molecule has 0 unspecified atom stereocenters. The van der Waals surface area contributed by atoms with Gasteiger partial charge in [-0.3, -0.25) is 14.5 Å². The summed E-state index contributed by atoms with van der Waals surface area (Å²) in [7, 11) is 1.65. The summed E-state index contributed by atoms with van der Waals surface area (Å²) in [6.07, 6.45) is 1.28. The van der Waals surface area contributed by atoms with Gasteiger partial charge < -0.3 is 15.0 Å². The molecule has 33 heavy (non-hydrogen) atoms. The number of nitrogens with one attached hydrogen (secondary N) is 1. The van der Waals surface area contributed by atoms with E-state index in [4.69, 9.17) is 4.74 Å². The van der Waals surface area contributed by atoms with Crippen LogP contribution in [0.2, 0.25) is 0 Å². The first kappa shape index (κ1) is 23.5. The van der Waals surface area contributed by atoms with Gasteiger partial charge in [-0.15, -0.1) is 0 Å². The summed E-state index contributed by atoms with van der Waals surface area (Å²) in [6, 6.07) is 16.2. The van der Waals surface area contributed by atoms with Crippen molar-refractivity contribution in [1.29, 1.82) is 0 Å². The lowest BCUT2D eigenvalue weighted by Crippen LogP contribution is -2.63. The fourth-order valence-corrected chi connectivity index (χ4v) is 5.33. The van der Waals surface area contributed by atoms with Crippen LogP contribution in [0, 0.1) is 13.8 Å². The molecule has 0 spiro atoms. The maximum absolute atomic E-state index is 14.3. The summed E-state index contributed by atoms with van der Waals surface area (Å²) in [5, 5.41) is 2.79. The van der Waals surface area contributed by atoms with Crippen LogP contribution in [-0.4, -0.2) is 67.6 Å². The van der Waals surface area contributed by atoms with Crippen LogP contribution in [0.3, 0.4) is 0 Å². The molecule has 0 bridgehead atoms. The molecule has 1 N–H and O–H groups in total. The number of likely N-dealkylation sites (N-methyl/N-ethyl adjacent to an activating group) is 1. The Balaban J connectivity index is 1.63. The molecule has 4 rings (SSSR count). The van der Waals surface area contributed by atoms with E-state index >= 15 is 0 Å². The number of carbonyl (C=O) groups is 2. The minimum absolute atomic E-state index is 0.0590. The van der Waals surface area contributed by atoms with Crippen LogP contribution in [0.4, 0.5) is 0 Å². The number of aryl methyl sites for hydroxylation is 2. The van der Waals surface area contributed by atoms with Gasteiger partial charge >= 0.3 is 0 Å². The highest BCUT2D eigenvalue weighted by molar-refractivity contribution is 5.93. The Morgan fingerprint density at radius 2 is 1.70 bits per heavy atom. The predicted molar refractivity (Wildman–Crippen MR) is 129 cm³/mol. The van der Waals surface area contributed by atoms with E-state index in [2.05, 4.69) is 54.4 Å². The van der Waals surface area contributed by atoms with Crippen LogP contribution in [0.5, 0.6) is 0 Å². The summed E-state index contributed by atoms with van der Waals surface area (Å²) >= 11 is 0. The van der Waals surface area contributed by atoms with E-state index in [1.54, 1.807) is 7.05 Å². The van der Waals surface area contributed by atoms with Crippen LogP contribution in [0.25, 0.3) is 0 Å². The lowest BCUT2D eigenvalue weighted by Gasteiger charge is -2.46. The third-order valence-electron chi connectivity index (χ3n) is 7.05. The largest absolute Gasteiger partial charge is 0.381 e. The molecular weight excluding hydrogens is 414 g/mol. The Morgan fingerprint density at radius 3 is 2.33 bits per heavy atom. The maximum atomic E-state index is 14.3. The predicted octanol–water partition coefficient (Wildman–Crippen LogP) is 2.81. The van der Waals surface area contributed by atoms with Gasteiger partial charge in [-0.05, 0) is 37.8 Å². The van der Waals surface area contributed by atoms with Crippen molar-refractivity contribution in [3.05, 3.63) is 70.8 Å². The molecule has 0 saturated carbocycles. The summed E-state index contributed by atoms with van der Waals surface area (Å²) in [5.41, 5.74) is 3.92. The molecule has 176 valence electrons. The smallest absolute Gasteiger partial charge is 0.243 e. The highest BCUT2D eigenvalue weighted by Crippen LogP contribution is 2.38. The molecule has 2 aliphatic heterocycles. The molecule has 2 saturated heterocycles. The summed E-state index contributed by atoms with van der Waals surface area (Å²) in [5.74, 6) is -0.0486. The van der Waals surface area contributed by atoms with E-state index < -0.39 is 11.5 Å². The van der Waals surface area contributed by atoms with Crippen LogP contribution in [0.1, 0.15) is 35.1 Å². The topological polar surface area (TPSA) is 61.9 Å². The third-order valence-corrected chi connectivity index (χ3v) is 7.05. The zero-order chi connectivity index (χ0) is 23.4. The fraction of sp³-hybridized carbons (Fsp3) is 0.481. The van der Waals surface area contributed by atoms with E-state index in [0.29, 0.717) is 39.1 Å². The van der Waals surface area contributed by atoms with Crippen molar-refractivity contribution in [2.45, 2.75) is 44.7 Å². The normalized spacial score (nSPS) is 20.9. The van der Waals surface area contributed by atoms with E-state index in [-0.39, 0.29) is 11.8 Å². The SMILES string of the molecule is CNC(=O)[C@H]1CN(Cc2ccccc2)CCN1C(=O)C1(c2cc(C)cc(C)c2)CCOCC1. The molecule has 2 heterocycles. The molecule has 2 amide bonds. The van der Waals surface area contributed by atoms with Gasteiger partial charge in [0.1, 0.15) is 6.04 Å². The molecule has 6 nitrogen and oxygen atoms in total. The zero-order valence-electron chi connectivity index (χ0n) is 20.0. The monoisotopic (exact) mass is 449 g/mol. The van der Waals surface area contributed by atoms with Crippen molar-refractivity contribution < 1.29 is 14.3 Å². The van der Waals surface area contributed by atoms with Gasteiger partial charge in [0, 0.05) is 46.4 Å². The van der Waals surface area contributed by atoms with E-state index in [1.807, 2.05) is 23.1 Å². The highest BCUT2D eigenvalue weighted by Gasteiger charge is 2.48. The lowest BCUT2D eigenvalue weighted by molar-refractivity contribution is -0.151. The van der Waals surface area contributed by atoms with Gasteiger partial charge in [-0.25, -0.2) is 0 Å². The number of benzene rings is 2. The molecule has 0 aromatic heterocycles. The molecule has 2 aliphatic rings. The van der Waals surface area contributed by atoms with Crippen molar-refractivity contribution in [3.63, 3.8) is 0 Å². The number of carbonyl (C=O) groups excluding carboxylic acids is 2. The Kier molecular flexibility index (Phi) is 7.15. The van der Waals surface area contributed by atoms with E-state index in [0.717, 1.165) is 29.8 Å². The molecule has 2 aromatic carbocycles. The van der Waals surface area contributed by atoms with Gasteiger partial charge in [-0.2, -0.15) is 0 Å². The van der Waals surface area contributed by atoms with Crippen LogP contribution in [-0.2, 0) is 26.3 Å². The van der Waals surface area contributed by atoms with E-state index in [1.165, 1.54) is 5.56 Å². The number of amides is 2. The second-order valence-corrected chi connectivity index (χ2v) is 9.42. The average molecular weight is 450 g/mol. The first-order valence-electron chi connectivity index (χ1n) is 11.9. The van der Waals surface area contributed by atoms with Gasteiger partial charge in [0.25, 0.3) is 0 Å². The Labute approximate surface area is 196 Å². The second-order valence-electron chi connectivity index (χ2n) is 9.42. The van der Waals surface area contributed by atoms with Gasteiger partial charge in [0.05, 0.1) is 5.41 Å². The number of hydrogen-bond donors (Lipinski definition) is 1. The molecule has 1 atom stereocenters. The summed E-state index contributed by atoms with van der Waals surface area (Å²) in [4.78, 5) is 31.3. The Morgan fingerprint density at radius 1 is 1.03 bits per heavy atom. The molecule has 0 radical (unpaired) electrons. The molecule has 2 aromatic rings. The standard InChI is InChI=1S/C27H35N3O3/c1-20-15-21(2)17-23(16-20)27(9-13-33-14-10-27)26(32)30-12-11-29(19-24(30)25(31)28-3)18-22-7-5-4-6-8-22/h4-8,15-17,24H,9-14,18-19H2,1-3H3,(H,28,31)/t24-/m1/s1. The molecule has 2 fully saturated rings. The summed E-state index contributed by atoms with van der Waals surface area (Å²) in [6.45, 7) is 7.83. The van der Waals surface area contributed by atoms with Crippen LogP contribution >= 0.6 is 0 Å².